The van der Waals surface area contributed by atoms with E-state index in [1.165, 1.54) is 0 Å². The summed E-state index contributed by atoms with van der Waals surface area (Å²) in [6.07, 6.45) is 0.545. The number of thiocarbonyl (C=S) groups is 1. The number of benzene rings is 2. The van der Waals surface area contributed by atoms with Crippen LogP contribution in [0.1, 0.15) is 17.5 Å². The van der Waals surface area contributed by atoms with Gasteiger partial charge in [-0.25, -0.2) is 0 Å². The van der Waals surface area contributed by atoms with Crippen LogP contribution in [0.4, 0.5) is 0 Å². The standard InChI is InChI=1S/C23H24ClN3O4S/c24-18-8-6-17(7-9-18)14-20(28)26-23(32)27-12-11-25-22(30)19(27)15-21(29)31-13-10-16-4-2-1-3-5-16/h1-9,19H,10-15H2,(H,25,30)(H,26,28,32). The van der Waals surface area contributed by atoms with Gasteiger partial charge in [0.15, 0.2) is 5.11 Å². The third-order valence-corrected chi connectivity index (χ3v) is 5.56. The van der Waals surface area contributed by atoms with E-state index in [1.807, 2.05) is 30.3 Å². The zero-order valence-corrected chi connectivity index (χ0v) is 19.0. The molecule has 3 rings (SSSR count). The second-order valence-corrected chi connectivity index (χ2v) is 8.14. The number of amides is 2. The smallest absolute Gasteiger partial charge is 0.308 e. The summed E-state index contributed by atoms with van der Waals surface area (Å²) in [4.78, 5) is 38.7. The molecule has 32 heavy (non-hydrogen) atoms. The van der Waals surface area contributed by atoms with Gasteiger partial charge in [0.05, 0.1) is 19.4 Å². The van der Waals surface area contributed by atoms with Gasteiger partial charge >= 0.3 is 5.97 Å². The van der Waals surface area contributed by atoms with Crippen molar-refractivity contribution in [2.24, 2.45) is 0 Å². The van der Waals surface area contributed by atoms with Crippen molar-refractivity contribution >= 4 is 46.7 Å². The fourth-order valence-electron chi connectivity index (χ4n) is 3.33. The van der Waals surface area contributed by atoms with Crippen LogP contribution in [0.3, 0.4) is 0 Å². The molecule has 7 nitrogen and oxygen atoms in total. The summed E-state index contributed by atoms with van der Waals surface area (Å²) >= 11 is 11.2. The van der Waals surface area contributed by atoms with Crippen LogP contribution >= 0.6 is 23.8 Å². The van der Waals surface area contributed by atoms with Crippen molar-refractivity contribution in [2.45, 2.75) is 25.3 Å². The summed E-state index contributed by atoms with van der Waals surface area (Å²) in [5.74, 6) is -1.14. The van der Waals surface area contributed by atoms with Gasteiger partial charge in [0.1, 0.15) is 6.04 Å². The molecule has 0 saturated carbocycles. The summed E-state index contributed by atoms with van der Waals surface area (Å²) in [7, 11) is 0. The van der Waals surface area contributed by atoms with Crippen molar-refractivity contribution in [1.82, 2.24) is 15.5 Å². The molecular weight excluding hydrogens is 450 g/mol. The molecule has 1 heterocycles. The molecule has 1 fully saturated rings. The normalized spacial score (nSPS) is 15.6. The van der Waals surface area contributed by atoms with E-state index in [4.69, 9.17) is 28.6 Å². The minimum Gasteiger partial charge on any atom is -0.465 e. The average molecular weight is 474 g/mol. The molecule has 0 bridgehead atoms. The Morgan fingerprint density at radius 2 is 1.84 bits per heavy atom. The van der Waals surface area contributed by atoms with E-state index in [9.17, 15) is 14.4 Å². The third kappa shape index (κ3) is 7.03. The summed E-state index contributed by atoms with van der Waals surface area (Å²) < 4.78 is 5.31. The Bertz CT molecular complexity index is 969. The Morgan fingerprint density at radius 3 is 2.56 bits per heavy atom. The van der Waals surface area contributed by atoms with E-state index in [0.717, 1.165) is 11.1 Å². The van der Waals surface area contributed by atoms with Gasteiger partial charge in [-0.2, -0.15) is 0 Å². The number of ether oxygens (including phenoxy) is 1. The molecule has 2 N–H and O–H groups in total. The second-order valence-electron chi connectivity index (χ2n) is 7.32. The van der Waals surface area contributed by atoms with E-state index < -0.39 is 12.0 Å². The molecule has 9 heteroatoms. The van der Waals surface area contributed by atoms with Crippen LogP contribution in [0, 0.1) is 0 Å². The first kappa shape index (κ1) is 23.7. The van der Waals surface area contributed by atoms with Crippen molar-refractivity contribution in [3.05, 3.63) is 70.7 Å². The van der Waals surface area contributed by atoms with Crippen LogP contribution in [-0.2, 0) is 32.0 Å². The van der Waals surface area contributed by atoms with Crippen LogP contribution in [0.2, 0.25) is 5.02 Å². The van der Waals surface area contributed by atoms with Gasteiger partial charge in [0, 0.05) is 24.5 Å². The van der Waals surface area contributed by atoms with Crippen LogP contribution in [0.25, 0.3) is 0 Å². The van der Waals surface area contributed by atoms with Gasteiger partial charge in [-0.15, -0.1) is 0 Å². The summed E-state index contributed by atoms with van der Waals surface area (Å²) in [6.45, 7) is 0.971. The Labute approximate surface area is 197 Å². The molecular formula is C23H24ClN3O4S. The SMILES string of the molecule is O=C(Cc1ccc(Cl)cc1)NC(=S)N1CCNC(=O)C1CC(=O)OCCc1ccccc1. The van der Waals surface area contributed by atoms with Crippen LogP contribution in [-0.4, -0.2) is 53.5 Å². The predicted octanol–water partition coefficient (Wildman–Crippen LogP) is 2.26. The van der Waals surface area contributed by atoms with Crippen LogP contribution < -0.4 is 10.6 Å². The molecule has 0 aliphatic carbocycles. The maximum Gasteiger partial charge on any atom is 0.308 e. The fraction of sp³-hybridized carbons (Fsp3) is 0.304. The van der Waals surface area contributed by atoms with Gasteiger partial charge in [0.2, 0.25) is 11.8 Å². The Balaban J connectivity index is 1.52. The Morgan fingerprint density at radius 1 is 1.12 bits per heavy atom. The van der Waals surface area contributed by atoms with Crippen LogP contribution in [0.15, 0.2) is 54.6 Å². The third-order valence-electron chi connectivity index (χ3n) is 4.97. The van der Waals surface area contributed by atoms with Gasteiger partial charge in [0.25, 0.3) is 0 Å². The van der Waals surface area contributed by atoms with Crippen molar-refractivity contribution in [3.8, 4) is 0 Å². The Hall–Kier alpha value is -2.97. The number of carbonyl (C=O) groups excluding carboxylic acids is 3. The Kier molecular flexibility index (Phi) is 8.58. The predicted molar refractivity (Wildman–Crippen MR) is 125 cm³/mol. The first-order valence-corrected chi connectivity index (χ1v) is 11.0. The molecule has 1 aliphatic heterocycles. The molecule has 1 saturated heterocycles. The minimum absolute atomic E-state index is 0.112. The fourth-order valence-corrected chi connectivity index (χ4v) is 3.79. The molecule has 1 unspecified atom stereocenters. The largest absolute Gasteiger partial charge is 0.465 e. The first-order chi connectivity index (χ1) is 15.4. The quantitative estimate of drug-likeness (QED) is 0.474. The topological polar surface area (TPSA) is 87.7 Å². The van der Waals surface area contributed by atoms with Crippen molar-refractivity contribution in [2.75, 3.05) is 19.7 Å². The highest BCUT2D eigenvalue weighted by Gasteiger charge is 2.34. The highest BCUT2D eigenvalue weighted by atomic mass is 35.5. The maximum atomic E-state index is 12.4. The second kappa shape index (κ2) is 11.6. The summed E-state index contributed by atoms with van der Waals surface area (Å²) in [6, 6.07) is 15.8. The average Bonchev–Trinajstić information content (AvgIpc) is 2.77. The lowest BCUT2D eigenvalue weighted by Crippen LogP contribution is -2.60. The zero-order chi connectivity index (χ0) is 22.9. The summed E-state index contributed by atoms with van der Waals surface area (Å²) in [5.41, 5.74) is 1.84. The van der Waals surface area contributed by atoms with Crippen molar-refractivity contribution in [3.63, 3.8) is 0 Å². The molecule has 0 aromatic heterocycles. The molecule has 0 radical (unpaired) electrons. The lowest BCUT2D eigenvalue weighted by molar-refractivity contribution is -0.147. The highest BCUT2D eigenvalue weighted by Crippen LogP contribution is 2.12. The minimum atomic E-state index is -0.837. The molecule has 168 valence electrons. The number of esters is 1. The maximum absolute atomic E-state index is 12.4. The van der Waals surface area contributed by atoms with Gasteiger partial charge in [-0.1, -0.05) is 54.1 Å². The number of halogens is 1. The highest BCUT2D eigenvalue weighted by molar-refractivity contribution is 7.80. The van der Waals surface area contributed by atoms with Crippen molar-refractivity contribution in [1.29, 1.82) is 0 Å². The van der Waals surface area contributed by atoms with Crippen LogP contribution in [0.5, 0.6) is 0 Å². The molecule has 1 atom stereocenters. The molecule has 0 spiro atoms. The van der Waals surface area contributed by atoms with Gasteiger partial charge < -0.3 is 20.3 Å². The van der Waals surface area contributed by atoms with Gasteiger partial charge in [-0.3, -0.25) is 14.4 Å². The lowest BCUT2D eigenvalue weighted by Gasteiger charge is -2.36. The molecule has 2 aromatic rings. The van der Waals surface area contributed by atoms with E-state index in [1.54, 1.807) is 29.2 Å². The number of rotatable bonds is 7. The summed E-state index contributed by atoms with van der Waals surface area (Å²) in [5, 5.41) is 6.08. The van der Waals surface area contributed by atoms with E-state index in [-0.39, 0.29) is 36.4 Å². The molecule has 2 amide bonds. The number of hydrogen-bond donors (Lipinski definition) is 2. The van der Waals surface area contributed by atoms with Gasteiger partial charge in [-0.05, 0) is 35.5 Å². The van der Waals surface area contributed by atoms with E-state index in [2.05, 4.69) is 10.6 Å². The first-order valence-electron chi connectivity index (χ1n) is 10.2. The number of carbonyl (C=O) groups is 3. The lowest BCUT2D eigenvalue weighted by atomic mass is 10.1. The number of nitrogens with zero attached hydrogens (tertiary/aromatic N) is 1. The van der Waals surface area contributed by atoms with Crippen molar-refractivity contribution < 1.29 is 19.1 Å². The monoisotopic (exact) mass is 473 g/mol. The van der Waals surface area contributed by atoms with E-state index >= 15 is 0 Å². The number of piperazine rings is 1. The number of nitrogens with one attached hydrogen (secondary N) is 2. The van der Waals surface area contributed by atoms with E-state index in [0.29, 0.717) is 24.5 Å². The zero-order valence-electron chi connectivity index (χ0n) is 17.4. The molecule has 2 aromatic carbocycles. The molecule has 1 aliphatic rings. The number of hydrogen-bond acceptors (Lipinski definition) is 5.